The van der Waals surface area contributed by atoms with Gasteiger partial charge in [0.1, 0.15) is 12.1 Å². The van der Waals surface area contributed by atoms with Crippen molar-refractivity contribution in [3.63, 3.8) is 0 Å². The number of pyridine rings is 1. The van der Waals surface area contributed by atoms with Crippen LogP contribution in [0.2, 0.25) is 0 Å². The predicted molar refractivity (Wildman–Crippen MR) is 88.4 cm³/mol. The Morgan fingerprint density at radius 1 is 1.22 bits per heavy atom. The molecule has 5 nitrogen and oxygen atoms in total. The largest absolute Gasteiger partial charge is 0.348 e. The third-order valence-corrected chi connectivity index (χ3v) is 3.72. The van der Waals surface area contributed by atoms with Crippen molar-refractivity contribution in [1.29, 1.82) is 0 Å². The van der Waals surface area contributed by atoms with Crippen LogP contribution in [0.3, 0.4) is 0 Å². The van der Waals surface area contributed by atoms with Gasteiger partial charge in [-0.25, -0.2) is 9.97 Å². The lowest BCUT2D eigenvalue weighted by molar-refractivity contribution is 0.0950. The van der Waals surface area contributed by atoms with Crippen LogP contribution in [-0.2, 0) is 6.54 Å². The molecule has 0 aliphatic rings. The number of carbonyl (C=O) groups excluding carboxylic acids is 1. The molecule has 0 aliphatic carbocycles. The van der Waals surface area contributed by atoms with Crippen molar-refractivity contribution in [2.75, 3.05) is 0 Å². The first kappa shape index (κ1) is 15.0. The lowest BCUT2D eigenvalue weighted by atomic mass is 10.1. The molecule has 0 saturated heterocycles. The van der Waals surface area contributed by atoms with Crippen LogP contribution in [0.15, 0.2) is 55.2 Å². The number of nitrogens with one attached hydrogen (secondary N) is 1. The average molecular weight is 306 g/mol. The molecule has 0 radical (unpaired) electrons. The van der Waals surface area contributed by atoms with Crippen molar-refractivity contribution < 1.29 is 4.79 Å². The van der Waals surface area contributed by atoms with Crippen LogP contribution in [-0.4, -0.2) is 20.4 Å². The second kappa shape index (κ2) is 6.44. The van der Waals surface area contributed by atoms with Gasteiger partial charge in [0, 0.05) is 25.1 Å². The number of hydrogen-bond acceptors (Lipinski definition) is 3. The van der Waals surface area contributed by atoms with Gasteiger partial charge in [-0.15, -0.1) is 0 Å². The minimum Gasteiger partial charge on any atom is -0.348 e. The van der Waals surface area contributed by atoms with E-state index in [9.17, 15) is 4.79 Å². The highest BCUT2D eigenvalue weighted by atomic mass is 16.1. The van der Waals surface area contributed by atoms with Gasteiger partial charge in [-0.05, 0) is 37.1 Å². The van der Waals surface area contributed by atoms with E-state index in [1.54, 1.807) is 35.4 Å². The van der Waals surface area contributed by atoms with Crippen LogP contribution < -0.4 is 5.32 Å². The summed E-state index contributed by atoms with van der Waals surface area (Å²) in [5.74, 6) is 0.600. The minimum absolute atomic E-state index is 0.130. The van der Waals surface area contributed by atoms with Gasteiger partial charge in [0.25, 0.3) is 5.91 Å². The molecule has 1 aromatic carbocycles. The van der Waals surface area contributed by atoms with Crippen LogP contribution in [0.5, 0.6) is 0 Å². The van der Waals surface area contributed by atoms with E-state index in [2.05, 4.69) is 41.3 Å². The zero-order valence-corrected chi connectivity index (χ0v) is 13.2. The fourth-order valence-electron chi connectivity index (χ4n) is 2.39. The van der Waals surface area contributed by atoms with Gasteiger partial charge < -0.3 is 5.32 Å². The predicted octanol–water partition coefficient (Wildman–Crippen LogP) is 2.81. The van der Waals surface area contributed by atoms with E-state index in [1.807, 2.05) is 12.3 Å². The summed E-state index contributed by atoms with van der Waals surface area (Å²) in [6.45, 7) is 4.62. The molecule has 23 heavy (non-hydrogen) atoms. The highest BCUT2D eigenvalue weighted by molar-refractivity contribution is 5.93. The average Bonchev–Trinajstić information content (AvgIpc) is 3.08. The van der Waals surface area contributed by atoms with Gasteiger partial charge in [-0.3, -0.25) is 9.36 Å². The second-order valence-electron chi connectivity index (χ2n) is 5.49. The summed E-state index contributed by atoms with van der Waals surface area (Å²) < 4.78 is 1.79. The Balaban J connectivity index is 1.66. The number of rotatable bonds is 4. The Morgan fingerprint density at radius 3 is 2.74 bits per heavy atom. The molecule has 0 saturated carbocycles. The molecule has 2 aromatic heterocycles. The monoisotopic (exact) mass is 306 g/mol. The zero-order valence-electron chi connectivity index (χ0n) is 13.2. The van der Waals surface area contributed by atoms with Gasteiger partial charge >= 0.3 is 0 Å². The molecule has 0 bridgehead atoms. The van der Waals surface area contributed by atoms with Crippen molar-refractivity contribution in [2.24, 2.45) is 0 Å². The van der Waals surface area contributed by atoms with Crippen molar-refractivity contribution in [1.82, 2.24) is 19.9 Å². The topological polar surface area (TPSA) is 59.8 Å². The molecular formula is C18H18N4O. The third-order valence-electron chi connectivity index (χ3n) is 3.72. The van der Waals surface area contributed by atoms with E-state index in [1.165, 1.54) is 11.1 Å². The van der Waals surface area contributed by atoms with E-state index in [4.69, 9.17) is 0 Å². The molecule has 0 atom stereocenters. The Kier molecular flexibility index (Phi) is 4.19. The first-order chi connectivity index (χ1) is 11.1. The summed E-state index contributed by atoms with van der Waals surface area (Å²) in [4.78, 5) is 20.5. The van der Waals surface area contributed by atoms with Gasteiger partial charge in [0.15, 0.2) is 0 Å². The van der Waals surface area contributed by atoms with Gasteiger partial charge in [0.05, 0.1) is 5.56 Å². The Hall–Kier alpha value is -2.95. The number of imidazole rings is 1. The first-order valence-electron chi connectivity index (χ1n) is 7.42. The summed E-state index contributed by atoms with van der Waals surface area (Å²) in [7, 11) is 0. The normalized spacial score (nSPS) is 10.5. The number of aryl methyl sites for hydroxylation is 2. The summed E-state index contributed by atoms with van der Waals surface area (Å²) in [6, 6.07) is 9.78. The highest BCUT2D eigenvalue weighted by Crippen LogP contribution is 2.11. The van der Waals surface area contributed by atoms with Crippen molar-refractivity contribution in [2.45, 2.75) is 20.4 Å². The van der Waals surface area contributed by atoms with Crippen LogP contribution >= 0.6 is 0 Å². The molecule has 0 spiro atoms. The molecule has 116 valence electrons. The molecule has 0 unspecified atom stereocenters. The van der Waals surface area contributed by atoms with Crippen molar-refractivity contribution in [3.05, 3.63) is 77.5 Å². The number of nitrogens with zero attached hydrogens (tertiary/aromatic N) is 3. The Labute approximate surface area is 135 Å². The van der Waals surface area contributed by atoms with Crippen molar-refractivity contribution >= 4 is 5.91 Å². The van der Waals surface area contributed by atoms with E-state index in [0.29, 0.717) is 12.1 Å². The molecular weight excluding hydrogens is 288 g/mol. The molecule has 1 amide bonds. The highest BCUT2D eigenvalue weighted by Gasteiger charge is 2.07. The third kappa shape index (κ3) is 3.45. The maximum atomic E-state index is 12.2. The second-order valence-corrected chi connectivity index (χ2v) is 5.49. The fourth-order valence-corrected chi connectivity index (χ4v) is 2.39. The standard InChI is InChI=1S/C18H18N4O/c1-13-3-4-15(14(2)9-13)10-21-18(23)16-5-6-17(20-11-16)22-8-7-19-12-22/h3-9,11-12H,10H2,1-2H3,(H,21,23). The summed E-state index contributed by atoms with van der Waals surface area (Å²) >= 11 is 0. The molecule has 3 aromatic rings. The van der Waals surface area contributed by atoms with Crippen LogP contribution in [0.25, 0.3) is 5.82 Å². The summed E-state index contributed by atoms with van der Waals surface area (Å²) in [5, 5.41) is 2.93. The van der Waals surface area contributed by atoms with E-state index in [-0.39, 0.29) is 5.91 Å². The van der Waals surface area contributed by atoms with Gasteiger partial charge in [-0.2, -0.15) is 0 Å². The smallest absolute Gasteiger partial charge is 0.253 e. The van der Waals surface area contributed by atoms with Crippen LogP contribution in [0.1, 0.15) is 27.0 Å². The number of hydrogen-bond donors (Lipinski definition) is 1. The minimum atomic E-state index is -0.130. The van der Waals surface area contributed by atoms with Crippen molar-refractivity contribution in [3.8, 4) is 5.82 Å². The van der Waals surface area contributed by atoms with Crippen LogP contribution in [0, 0.1) is 13.8 Å². The molecule has 3 rings (SSSR count). The Bertz CT molecular complexity index is 808. The number of amides is 1. The van der Waals surface area contributed by atoms with E-state index >= 15 is 0 Å². The number of aromatic nitrogens is 3. The van der Waals surface area contributed by atoms with E-state index in [0.717, 1.165) is 11.4 Å². The Morgan fingerprint density at radius 2 is 2.09 bits per heavy atom. The fraction of sp³-hybridized carbons (Fsp3) is 0.167. The molecule has 1 N–H and O–H groups in total. The number of benzene rings is 1. The molecule has 2 heterocycles. The zero-order chi connectivity index (χ0) is 16.2. The maximum Gasteiger partial charge on any atom is 0.253 e. The van der Waals surface area contributed by atoms with E-state index < -0.39 is 0 Å². The summed E-state index contributed by atoms with van der Waals surface area (Å²) in [6.07, 6.45) is 6.74. The lowest BCUT2D eigenvalue weighted by Crippen LogP contribution is -2.23. The molecule has 0 fully saturated rings. The molecule has 0 aliphatic heterocycles. The number of carbonyl (C=O) groups is 1. The summed E-state index contributed by atoms with van der Waals surface area (Å²) in [5.41, 5.74) is 4.06. The maximum absolute atomic E-state index is 12.2. The van der Waals surface area contributed by atoms with Gasteiger partial charge in [0.2, 0.25) is 0 Å². The first-order valence-corrected chi connectivity index (χ1v) is 7.42. The lowest BCUT2D eigenvalue weighted by Gasteiger charge is -2.09. The quantitative estimate of drug-likeness (QED) is 0.806. The van der Waals surface area contributed by atoms with Gasteiger partial charge in [-0.1, -0.05) is 23.8 Å². The molecule has 5 heteroatoms. The SMILES string of the molecule is Cc1ccc(CNC(=O)c2ccc(-n3ccnc3)nc2)c(C)c1. The van der Waals surface area contributed by atoms with Crippen LogP contribution in [0.4, 0.5) is 0 Å².